The topological polar surface area (TPSA) is 131 Å². The van der Waals surface area contributed by atoms with Crippen molar-refractivity contribution in [2.75, 3.05) is 18.5 Å². The van der Waals surface area contributed by atoms with E-state index < -0.39 is 11.9 Å². The van der Waals surface area contributed by atoms with Gasteiger partial charge in [-0.2, -0.15) is 0 Å². The zero-order valence-electron chi connectivity index (χ0n) is 17.6. The van der Waals surface area contributed by atoms with Gasteiger partial charge < -0.3 is 21.1 Å². The van der Waals surface area contributed by atoms with Crippen LogP contribution in [-0.2, 0) is 4.74 Å². The standard InChI is InChI=1S/C23H24N4O5/c1-13(14-4-7-16(8-5-14)26-23(24)31)25-20(28)15-6-9-18-19(11-15)22(30)27(21(18)29)12-17-3-2-10-32-17/h4-9,11,13,17H,2-3,10,12H2,1H3,(H,25,28)(H3,24,26,31). The van der Waals surface area contributed by atoms with Gasteiger partial charge in [-0.3, -0.25) is 19.3 Å². The Morgan fingerprint density at radius 1 is 1.12 bits per heavy atom. The third-order valence-electron chi connectivity index (χ3n) is 5.67. The van der Waals surface area contributed by atoms with Crippen molar-refractivity contribution in [1.82, 2.24) is 10.2 Å². The van der Waals surface area contributed by atoms with E-state index >= 15 is 0 Å². The Labute approximate surface area is 184 Å². The first-order chi connectivity index (χ1) is 15.3. The Balaban J connectivity index is 1.44. The average Bonchev–Trinajstić information content (AvgIpc) is 3.36. The molecule has 1 saturated heterocycles. The first-order valence-electron chi connectivity index (χ1n) is 10.4. The van der Waals surface area contributed by atoms with Crippen LogP contribution in [0.5, 0.6) is 0 Å². The van der Waals surface area contributed by atoms with E-state index in [2.05, 4.69) is 10.6 Å². The number of hydrogen-bond donors (Lipinski definition) is 3. The van der Waals surface area contributed by atoms with Gasteiger partial charge in [0.05, 0.1) is 29.8 Å². The van der Waals surface area contributed by atoms with E-state index in [4.69, 9.17) is 10.5 Å². The van der Waals surface area contributed by atoms with Gasteiger partial charge in [-0.15, -0.1) is 0 Å². The van der Waals surface area contributed by atoms with Gasteiger partial charge in [0.2, 0.25) is 0 Å². The van der Waals surface area contributed by atoms with E-state index in [1.165, 1.54) is 17.0 Å². The summed E-state index contributed by atoms with van der Waals surface area (Å²) in [6, 6.07) is 10.5. The highest BCUT2D eigenvalue weighted by Crippen LogP contribution is 2.26. The third-order valence-corrected chi connectivity index (χ3v) is 5.67. The number of nitrogens with two attached hydrogens (primary N) is 1. The fraction of sp³-hybridized carbons (Fsp3) is 0.304. The van der Waals surface area contributed by atoms with Crippen molar-refractivity contribution in [3.63, 3.8) is 0 Å². The lowest BCUT2D eigenvalue weighted by Gasteiger charge is -2.17. The van der Waals surface area contributed by atoms with Gasteiger partial charge in [0.25, 0.3) is 17.7 Å². The lowest BCUT2D eigenvalue weighted by atomic mass is 10.0. The lowest BCUT2D eigenvalue weighted by Crippen LogP contribution is -2.36. The van der Waals surface area contributed by atoms with Crippen molar-refractivity contribution in [3.8, 4) is 0 Å². The smallest absolute Gasteiger partial charge is 0.316 e. The first-order valence-corrected chi connectivity index (χ1v) is 10.4. The van der Waals surface area contributed by atoms with Crippen molar-refractivity contribution in [2.45, 2.75) is 31.9 Å². The predicted molar refractivity (Wildman–Crippen MR) is 116 cm³/mol. The molecule has 4 rings (SSSR count). The second-order valence-corrected chi connectivity index (χ2v) is 7.92. The summed E-state index contributed by atoms with van der Waals surface area (Å²) in [5.74, 6) is -1.12. The van der Waals surface area contributed by atoms with Gasteiger partial charge in [0.1, 0.15) is 0 Å². The number of carbonyl (C=O) groups is 4. The number of rotatable bonds is 6. The van der Waals surface area contributed by atoms with Gasteiger partial charge >= 0.3 is 6.03 Å². The molecule has 9 heteroatoms. The van der Waals surface area contributed by atoms with Crippen LogP contribution in [0.2, 0.25) is 0 Å². The molecule has 2 aromatic rings. The third kappa shape index (κ3) is 4.33. The van der Waals surface area contributed by atoms with Crippen LogP contribution in [-0.4, -0.2) is 47.9 Å². The van der Waals surface area contributed by atoms with E-state index in [-0.39, 0.29) is 36.1 Å². The minimum absolute atomic E-state index is 0.134. The molecule has 5 amide bonds. The average molecular weight is 436 g/mol. The molecule has 0 bridgehead atoms. The van der Waals surface area contributed by atoms with Crippen LogP contribution in [0.1, 0.15) is 62.4 Å². The number of nitrogens with zero attached hydrogens (tertiary/aromatic N) is 1. The van der Waals surface area contributed by atoms with E-state index in [9.17, 15) is 19.2 Å². The summed E-state index contributed by atoms with van der Waals surface area (Å²) in [6.45, 7) is 2.69. The molecule has 0 aromatic heterocycles. The SMILES string of the molecule is CC(NC(=O)c1ccc2c(c1)C(=O)N(CC1CCCO1)C2=O)c1ccc(NC(N)=O)cc1. The zero-order chi connectivity index (χ0) is 22.8. The number of imide groups is 1. The monoisotopic (exact) mass is 436 g/mol. The molecular formula is C23H24N4O5. The number of anilines is 1. The highest BCUT2D eigenvalue weighted by atomic mass is 16.5. The summed E-state index contributed by atoms with van der Waals surface area (Å²) in [7, 11) is 0. The molecule has 0 aliphatic carbocycles. The molecular weight excluding hydrogens is 412 g/mol. The fourth-order valence-corrected chi connectivity index (χ4v) is 3.95. The Morgan fingerprint density at radius 3 is 2.50 bits per heavy atom. The number of nitrogens with one attached hydrogen (secondary N) is 2. The van der Waals surface area contributed by atoms with Crippen molar-refractivity contribution in [1.29, 1.82) is 0 Å². The normalized spacial score (nSPS) is 18.4. The molecule has 166 valence electrons. The number of ether oxygens (including phenoxy) is 1. The van der Waals surface area contributed by atoms with Crippen LogP contribution in [0.3, 0.4) is 0 Å². The van der Waals surface area contributed by atoms with Crippen LogP contribution < -0.4 is 16.4 Å². The molecule has 2 aromatic carbocycles. The number of hydrogen-bond acceptors (Lipinski definition) is 5. The van der Waals surface area contributed by atoms with Crippen molar-refractivity contribution in [2.24, 2.45) is 5.73 Å². The molecule has 0 spiro atoms. The van der Waals surface area contributed by atoms with E-state index in [1.54, 1.807) is 30.3 Å². The molecule has 1 fully saturated rings. The largest absolute Gasteiger partial charge is 0.376 e. The highest BCUT2D eigenvalue weighted by molar-refractivity contribution is 6.22. The summed E-state index contributed by atoms with van der Waals surface area (Å²) in [5, 5.41) is 5.35. The van der Waals surface area contributed by atoms with E-state index in [0.717, 1.165) is 18.4 Å². The number of benzene rings is 2. The van der Waals surface area contributed by atoms with Gasteiger partial charge in [0, 0.05) is 17.9 Å². The number of urea groups is 1. The number of primary amides is 1. The van der Waals surface area contributed by atoms with Gasteiger partial charge in [-0.1, -0.05) is 12.1 Å². The molecule has 4 N–H and O–H groups in total. The summed E-state index contributed by atoms with van der Waals surface area (Å²) < 4.78 is 5.55. The van der Waals surface area contributed by atoms with Crippen LogP contribution in [0.15, 0.2) is 42.5 Å². The molecule has 2 atom stereocenters. The Kier molecular flexibility index (Phi) is 5.91. The molecule has 0 radical (unpaired) electrons. The quantitative estimate of drug-likeness (QED) is 0.599. The predicted octanol–water partition coefficient (Wildman–Crippen LogP) is 2.44. The second-order valence-electron chi connectivity index (χ2n) is 7.92. The van der Waals surface area contributed by atoms with Crippen LogP contribution in [0.25, 0.3) is 0 Å². The van der Waals surface area contributed by atoms with Crippen LogP contribution in [0, 0.1) is 0 Å². The Bertz CT molecular complexity index is 1080. The van der Waals surface area contributed by atoms with Gasteiger partial charge in [0.15, 0.2) is 0 Å². The summed E-state index contributed by atoms with van der Waals surface area (Å²) in [5.41, 5.74) is 7.30. The first kappa shape index (κ1) is 21.5. The lowest BCUT2D eigenvalue weighted by molar-refractivity contribution is 0.0475. The second kappa shape index (κ2) is 8.80. The Morgan fingerprint density at radius 2 is 1.84 bits per heavy atom. The maximum Gasteiger partial charge on any atom is 0.316 e. The summed E-state index contributed by atoms with van der Waals surface area (Å²) in [6.07, 6.45) is 1.60. The molecule has 2 heterocycles. The maximum absolute atomic E-state index is 12.8. The number of fused-ring (bicyclic) bond motifs is 1. The molecule has 2 unspecified atom stereocenters. The fourth-order valence-electron chi connectivity index (χ4n) is 3.95. The molecule has 9 nitrogen and oxygen atoms in total. The van der Waals surface area contributed by atoms with Crippen molar-refractivity contribution in [3.05, 3.63) is 64.7 Å². The minimum atomic E-state index is -0.655. The summed E-state index contributed by atoms with van der Waals surface area (Å²) >= 11 is 0. The van der Waals surface area contributed by atoms with Crippen molar-refractivity contribution < 1.29 is 23.9 Å². The molecule has 0 saturated carbocycles. The van der Waals surface area contributed by atoms with Crippen LogP contribution in [0.4, 0.5) is 10.5 Å². The minimum Gasteiger partial charge on any atom is -0.376 e. The Hall–Kier alpha value is -3.72. The summed E-state index contributed by atoms with van der Waals surface area (Å²) in [4.78, 5) is 50.3. The molecule has 2 aliphatic heterocycles. The van der Waals surface area contributed by atoms with E-state index in [0.29, 0.717) is 23.4 Å². The van der Waals surface area contributed by atoms with Crippen LogP contribution >= 0.6 is 0 Å². The maximum atomic E-state index is 12.8. The zero-order valence-corrected chi connectivity index (χ0v) is 17.6. The van der Waals surface area contributed by atoms with Gasteiger partial charge in [-0.25, -0.2) is 4.79 Å². The van der Waals surface area contributed by atoms with Gasteiger partial charge in [-0.05, 0) is 55.7 Å². The number of carbonyl (C=O) groups excluding carboxylic acids is 4. The molecule has 32 heavy (non-hydrogen) atoms. The van der Waals surface area contributed by atoms with Crippen molar-refractivity contribution >= 4 is 29.4 Å². The highest BCUT2D eigenvalue weighted by Gasteiger charge is 2.38. The molecule has 2 aliphatic rings. The number of amides is 5. The van der Waals surface area contributed by atoms with E-state index in [1.807, 2.05) is 6.92 Å².